The molecule has 106 valence electrons. The number of nitrogens with one attached hydrogen (secondary N) is 1. The van der Waals surface area contributed by atoms with E-state index in [1.807, 2.05) is 6.92 Å². The van der Waals surface area contributed by atoms with Crippen LogP contribution in [0.2, 0.25) is 0 Å². The van der Waals surface area contributed by atoms with Gasteiger partial charge in [-0.15, -0.1) is 0 Å². The van der Waals surface area contributed by atoms with Crippen molar-refractivity contribution in [3.05, 3.63) is 0 Å². The first-order chi connectivity index (χ1) is 8.59. The van der Waals surface area contributed by atoms with Gasteiger partial charge < -0.3 is 5.11 Å². The number of nitrogens with zero attached hydrogens (tertiary/aromatic N) is 1. The summed E-state index contributed by atoms with van der Waals surface area (Å²) in [5.41, 5.74) is 6.62. The highest BCUT2D eigenvalue weighted by Gasteiger charge is 2.41. The summed E-state index contributed by atoms with van der Waals surface area (Å²) in [6.07, 6.45) is 8.45. The van der Waals surface area contributed by atoms with Crippen molar-refractivity contribution in [1.82, 2.24) is 0 Å². The highest BCUT2D eigenvalue weighted by Crippen LogP contribution is 2.40. The lowest BCUT2D eigenvalue weighted by Gasteiger charge is -2.35. The smallest absolute Gasteiger partial charge is 0.0989 e. The maximum absolute atomic E-state index is 11.0. The zero-order valence-electron chi connectivity index (χ0n) is 12.3. The van der Waals surface area contributed by atoms with Gasteiger partial charge in [-0.3, -0.25) is 0 Å². The van der Waals surface area contributed by atoms with Crippen LogP contribution in [0.3, 0.4) is 0 Å². The average molecular weight is 254 g/mol. The Morgan fingerprint density at radius 3 is 2.33 bits per heavy atom. The summed E-state index contributed by atoms with van der Waals surface area (Å²) in [4.78, 5) is 0. The summed E-state index contributed by atoms with van der Waals surface area (Å²) in [5, 5.41) is 14.7. The molecule has 3 heteroatoms. The summed E-state index contributed by atoms with van der Waals surface area (Å²) in [7, 11) is 0. The van der Waals surface area contributed by atoms with Crippen LogP contribution in [-0.2, 0) is 0 Å². The molecule has 0 heterocycles. The van der Waals surface area contributed by atoms with E-state index in [-0.39, 0.29) is 6.04 Å². The van der Waals surface area contributed by atoms with Gasteiger partial charge in [-0.1, -0.05) is 52.9 Å². The van der Waals surface area contributed by atoms with Gasteiger partial charge in [-0.2, -0.15) is 5.11 Å². The van der Waals surface area contributed by atoms with Gasteiger partial charge in [0.15, 0.2) is 0 Å². The molecular formula is C15H30N2O. The monoisotopic (exact) mass is 254 g/mol. The molecule has 0 spiro atoms. The van der Waals surface area contributed by atoms with Crippen molar-refractivity contribution in [3.63, 3.8) is 0 Å². The standard InChI is InChI=1S/C15H30N2O/c1-4-7-13-9-8-12(5-2)10-15(18,11-13)14(6-3)17-16/h12-14,16,18H,4-11H2,1-3H3. The minimum Gasteiger partial charge on any atom is -0.388 e. The zero-order valence-corrected chi connectivity index (χ0v) is 12.3. The summed E-state index contributed by atoms with van der Waals surface area (Å²) < 4.78 is 0. The number of hydrogen-bond acceptors (Lipinski definition) is 3. The molecule has 0 saturated heterocycles. The maximum Gasteiger partial charge on any atom is 0.0989 e. The van der Waals surface area contributed by atoms with Gasteiger partial charge in [0, 0.05) is 0 Å². The third kappa shape index (κ3) is 3.78. The van der Waals surface area contributed by atoms with Crippen molar-refractivity contribution in [2.45, 2.75) is 83.8 Å². The minimum atomic E-state index is -0.729. The van der Waals surface area contributed by atoms with Crippen LogP contribution in [0, 0.1) is 17.4 Å². The predicted molar refractivity (Wildman–Crippen MR) is 74.8 cm³/mol. The Morgan fingerprint density at radius 1 is 1.22 bits per heavy atom. The van der Waals surface area contributed by atoms with Crippen LogP contribution in [-0.4, -0.2) is 16.7 Å². The van der Waals surface area contributed by atoms with E-state index in [2.05, 4.69) is 19.0 Å². The van der Waals surface area contributed by atoms with E-state index in [0.29, 0.717) is 11.8 Å². The summed E-state index contributed by atoms with van der Waals surface area (Å²) >= 11 is 0. The molecule has 0 radical (unpaired) electrons. The molecule has 0 aromatic carbocycles. The lowest BCUT2D eigenvalue weighted by atomic mass is 9.79. The Kier molecular flexibility index (Phi) is 6.27. The van der Waals surface area contributed by atoms with Crippen LogP contribution in [0.5, 0.6) is 0 Å². The Labute approximate surface area is 112 Å². The Bertz CT molecular complexity index is 257. The molecule has 1 fully saturated rings. The molecule has 0 aromatic heterocycles. The van der Waals surface area contributed by atoms with Crippen LogP contribution in [0.4, 0.5) is 0 Å². The van der Waals surface area contributed by atoms with Crippen molar-refractivity contribution in [2.24, 2.45) is 17.0 Å². The van der Waals surface area contributed by atoms with E-state index in [1.165, 1.54) is 25.7 Å². The minimum absolute atomic E-state index is 0.205. The first-order valence-electron chi connectivity index (χ1n) is 7.68. The topological polar surface area (TPSA) is 56.4 Å². The van der Waals surface area contributed by atoms with Gasteiger partial charge in [-0.25, -0.2) is 5.53 Å². The van der Waals surface area contributed by atoms with E-state index < -0.39 is 5.60 Å². The molecule has 3 nitrogen and oxygen atoms in total. The molecule has 0 aliphatic heterocycles. The van der Waals surface area contributed by atoms with Crippen molar-refractivity contribution in [1.29, 1.82) is 5.53 Å². The third-order valence-electron chi connectivity index (χ3n) is 4.70. The molecule has 0 amide bonds. The second kappa shape index (κ2) is 7.22. The van der Waals surface area contributed by atoms with E-state index in [1.54, 1.807) is 0 Å². The SMILES string of the molecule is CCCC1CCC(CC)CC(O)(C(CC)N=N)C1. The second-order valence-corrected chi connectivity index (χ2v) is 6.07. The molecule has 4 unspecified atom stereocenters. The number of hydrogen-bond donors (Lipinski definition) is 2. The normalized spacial score (nSPS) is 34.9. The summed E-state index contributed by atoms with van der Waals surface area (Å²) in [6.45, 7) is 6.46. The van der Waals surface area contributed by atoms with Crippen molar-refractivity contribution in [3.8, 4) is 0 Å². The second-order valence-electron chi connectivity index (χ2n) is 6.07. The van der Waals surface area contributed by atoms with Crippen molar-refractivity contribution in [2.75, 3.05) is 0 Å². The molecule has 0 aromatic rings. The predicted octanol–water partition coefficient (Wildman–Crippen LogP) is 4.54. The van der Waals surface area contributed by atoms with Crippen molar-refractivity contribution >= 4 is 0 Å². The van der Waals surface area contributed by atoms with E-state index in [4.69, 9.17) is 5.53 Å². The Morgan fingerprint density at radius 2 is 1.83 bits per heavy atom. The largest absolute Gasteiger partial charge is 0.388 e. The highest BCUT2D eigenvalue weighted by molar-refractivity contribution is 4.95. The molecule has 4 atom stereocenters. The van der Waals surface area contributed by atoms with Gasteiger partial charge in [0.05, 0.1) is 11.6 Å². The van der Waals surface area contributed by atoms with Gasteiger partial charge in [0.1, 0.15) is 0 Å². The van der Waals surface area contributed by atoms with Gasteiger partial charge in [-0.05, 0) is 31.1 Å². The summed E-state index contributed by atoms with van der Waals surface area (Å²) in [5.74, 6) is 1.22. The first-order valence-corrected chi connectivity index (χ1v) is 7.68. The molecular weight excluding hydrogens is 224 g/mol. The molecule has 0 bridgehead atoms. The Hall–Kier alpha value is -0.440. The van der Waals surface area contributed by atoms with Gasteiger partial charge >= 0.3 is 0 Å². The van der Waals surface area contributed by atoms with Crippen LogP contribution in [0.25, 0.3) is 0 Å². The Balaban J connectivity index is 2.85. The van der Waals surface area contributed by atoms with E-state index in [9.17, 15) is 5.11 Å². The first kappa shape index (κ1) is 15.6. The quantitative estimate of drug-likeness (QED) is 0.530. The van der Waals surface area contributed by atoms with Crippen molar-refractivity contribution < 1.29 is 5.11 Å². The molecule has 1 aliphatic rings. The maximum atomic E-state index is 11.0. The number of aliphatic hydroxyl groups is 1. The van der Waals surface area contributed by atoms with E-state index >= 15 is 0 Å². The average Bonchev–Trinajstić information content (AvgIpc) is 2.51. The number of rotatable bonds is 6. The van der Waals surface area contributed by atoms with Gasteiger partial charge in [0.25, 0.3) is 0 Å². The fourth-order valence-corrected chi connectivity index (χ4v) is 3.63. The zero-order chi connectivity index (χ0) is 13.6. The molecule has 2 N–H and O–H groups in total. The van der Waals surface area contributed by atoms with Crippen LogP contribution >= 0.6 is 0 Å². The molecule has 18 heavy (non-hydrogen) atoms. The van der Waals surface area contributed by atoms with Crippen LogP contribution < -0.4 is 0 Å². The lowest BCUT2D eigenvalue weighted by molar-refractivity contribution is -0.0239. The summed E-state index contributed by atoms with van der Waals surface area (Å²) in [6, 6.07) is -0.205. The molecule has 1 aliphatic carbocycles. The highest BCUT2D eigenvalue weighted by atomic mass is 16.3. The fraction of sp³-hybridized carbons (Fsp3) is 1.00. The van der Waals surface area contributed by atoms with E-state index in [0.717, 1.165) is 25.7 Å². The van der Waals surface area contributed by atoms with Crippen LogP contribution in [0.1, 0.15) is 72.1 Å². The fourth-order valence-electron chi connectivity index (χ4n) is 3.63. The third-order valence-corrected chi connectivity index (χ3v) is 4.70. The van der Waals surface area contributed by atoms with Crippen LogP contribution in [0.15, 0.2) is 5.11 Å². The molecule has 1 rings (SSSR count). The lowest BCUT2D eigenvalue weighted by Crippen LogP contribution is -2.43. The van der Waals surface area contributed by atoms with Gasteiger partial charge in [0.2, 0.25) is 0 Å². The molecule has 1 saturated carbocycles.